The van der Waals surface area contributed by atoms with Crippen LogP contribution in [0.3, 0.4) is 0 Å². The Morgan fingerprint density at radius 2 is 1.96 bits per heavy atom. The van der Waals surface area contributed by atoms with Gasteiger partial charge in [-0.15, -0.1) is 24.0 Å². The molecule has 25 heavy (non-hydrogen) atoms. The Morgan fingerprint density at radius 1 is 1.32 bits per heavy atom. The van der Waals surface area contributed by atoms with E-state index in [0.29, 0.717) is 25.7 Å². The predicted molar refractivity (Wildman–Crippen MR) is 114 cm³/mol. The number of rotatable bonds is 7. The maximum absolute atomic E-state index is 5.99. The summed E-state index contributed by atoms with van der Waals surface area (Å²) in [5.74, 6) is 1.37. The van der Waals surface area contributed by atoms with Gasteiger partial charge in [0.05, 0.1) is 13.2 Å². The Morgan fingerprint density at radius 3 is 2.52 bits per heavy atom. The molecule has 1 aromatic rings. The van der Waals surface area contributed by atoms with Gasteiger partial charge in [-0.25, -0.2) is 0 Å². The molecule has 6 heteroatoms. The van der Waals surface area contributed by atoms with Gasteiger partial charge in [-0.3, -0.25) is 4.99 Å². The van der Waals surface area contributed by atoms with E-state index in [2.05, 4.69) is 29.0 Å². The highest BCUT2D eigenvalue weighted by Crippen LogP contribution is 2.36. The topological polar surface area (TPSA) is 68.9 Å². The average molecular weight is 459 g/mol. The van der Waals surface area contributed by atoms with Crippen LogP contribution in [0.1, 0.15) is 32.3 Å². The highest BCUT2D eigenvalue weighted by molar-refractivity contribution is 14.0. The second-order valence-corrected chi connectivity index (χ2v) is 6.36. The normalized spacial score (nSPS) is 16.6. The molecule has 0 unspecified atom stereocenters. The lowest BCUT2D eigenvalue weighted by molar-refractivity contribution is 0.0531. The molecule has 2 rings (SSSR count). The second kappa shape index (κ2) is 10.7. The zero-order chi connectivity index (χ0) is 17.4. The number of aliphatic imine (C=N–C) groups is 1. The predicted octanol–water partition coefficient (Wildman–Crippen LogP) is 3.23. The van der Waals surface area contributed by atoms with Gasteiger partial charge >= 0.3 is 0 Å². The van der Waals surface area contributed by atoms with Gasteiger partial charge < -0.3 is 20.5 Å². The van der Waals surface area contributed by atoms with Crippen molar-refractivity contribution in [2.75, 3.05) is 32.9 Å². The minimum atomic E-state index is -0.0292. The van der Waals surface area contributed by atoms with Gasteiger partial charge in [-0.2, -0.15) is 0 Å². The minimum absolute atomic E-state index is 0. The van der Waals surface area contributed by atoms with Crippen molar-refractivity contribution in [1.82, 2.24) is 5.32 Å². The van der Waals surface area contributed by atoms with Crippen molar-refractivity contribution >= 4 is 29.9 Å². The van der Waals surface area contributed by atoms with Crippen LogP contribution in [0.5, 0.6) is 5.75 Å². The van der Waals surface area contributed by atoms with E-state index < -0.39 is 0 Å². The fraction of sp³-hybridized carbons (Fsp3) is 0.526. The van der Waals surface area contributed by atoms with Crippen LogP contribution in [0.2, 0.25) is 0 Å². The standard InChI is InChI=1S/C19H29N3O2.HI/c1-4-24-17-7-5-16(6-8-17)19(9-11-23-12-10-19)14-22-18(20)21-13-15(2)3;/h5-8H,2,4,9-14H2,1,3H3,(H3,20,21,22);1H. The fourth-order valence-electron chi connectivity index (χ4n) is 2.91. The third kappa shape index (κ3) is 6.51. The van der Waals surface area contributed by atoms with E-state index in [0.717, 1.165) is 37.4 Å². The second-order valence-electron chi connectivity index (χ2n) is 6.36. The summed E-state index contributed by atoms with van der Waals surface area (Å²) in [5.41, 5.74) is 8.25. The molecule has 0 radical (unpaired) electrons. The van der Waals surface area contributed by atoms with Gasteiger partial charge in [0.2, 0.25) is 0 Å². The summed E-state index contributed by atoms with van der Waals surface area (Å²) in [6.45, 7) is 11.3. The molecule has 3 N–H and O–H groups in total. The monoisotopic (exact) mass is 459 g/mol. The molecule has 0 aliphatic carbocycles. The molecular formula is C19H30IN3O2. The first-order chi connectivity index (χ1) is 11.6. The molecule has 140 valence electrons. The molecule has 1 saturated heterocycles. The molecule has 0 bridgehead atoms. The maximum atomic E-state index is 5.99. The molecule has 0 spiro atoms. The number of hydrogen-bond acceptors (Lipinski definition) is 3. The summed E-state index contributed by atoms with van der Waals surface area (Å²) in [7, 11) is 0. The molecule has 1 aromatic carbocycles. The lowest BCUT2D eigenvalue weighted by Crippen LogP contribution is -2.39. The molecule has 5 nitrogen and oxygen atoms in total. The van der Waals surface area contributed by atoms with Crippen LogP contribution in [-0.2, 0) is 10.2 Å². The molecular weight excluding hydrogens is 429 g/mol. The molecule has 1 fully saturated rings. The number of benzene rings is 1. The van der Waals surface area contributed by atoms with Gasteiger partial charge in [-0.1, -0.05) is 24.3 Å². The van der Waals surface area contributed by atoms with Crippen molar-refractivity contribution in [2.24, 2.45) is 10.7 Å². The van der Waals surface area contributed by atoms with Gasteiger partial charge in [-0.05, 0) is 44.4 Å². The Balaban J connectivity index is 0.00000312. The minimum Gasteiger partial charge on any atom is -0.494 e. The van der Waals surface area contributed by atoms with Crippen LogP contribution in [0.25, 0.3) is 0 Å². The molecule has 1 aliphatic heterocycles. The summed E-state index contributed by atoms with van der Waals surface area (Å²) in [6.07, 6.45) is 1.89. The largest absolute Gasteiger partial charge is 0.494 e. The van der Waals surface area contributed by atoms with Crippen molar-refractivity contribution in [3.63, 3.8) is 0 Å². The smallest absolute Gasteiger partial charge is 0.188 e. The van der Waals surface area contributed by atoms with Crippen LogP contribution in [0.15, 0.2) is 41.4 Å². The lowest BCUT2D eigenvalue weighted by Gasteiger charge is -2.36. The van der Waals surface area contributed by atoms with E-state index in [1.165, 1.54) is 5.56 Å². The first-order valence-corrected chi connectivity index (χ1v) is 8.55. The van der Waals surface area contributed by atoms with E-state index in [1.807, 2.05) is 26.0 Å². The Bertz CT molecular complexity index is 567. The van der Waals surface area contributed by atoms with E-state index in [9.17, 15) is 0 Å². The van der Waals surface area contributed by atoms with Crippen LogP contribution in [0, 0.1) is 0 Å². The Kier molecular flexibility index (Phi) is 9.27. The van der Waals surface area contributed by atoms with Crippen molar-refractivity contribution in [1.29, 1.82) is 0 Å². The number of halogens is 1. The Labute approximate surface area is 168 Å². The van der Waals surface area contributed by atoms with Crippen LogP contribution in [0.4, 0.5) is 0 Å². The quantitative estimate of drug-likeness (QED) is 0.284. The first kappa shape index (κ1) is 21.8. The molecule has 0 atom stereocenters. The molecule has 0 amide bonds. The highest BCUT2D eigenvalue weighted by atomic mass is 127. The van der Waals surface area contributed by atoms with Gasteiger partial charge in [0.25, 0.3) is 0 Å². The molecule has 0 aromatic heterocycles. The number of nitrogens with zero attached hydrogens (tertiary/aromatic N) is 1. The maximum Gasteiger partial charge on any atom is 0.188 e. The summed E-state index contributed by atoms with van der Waals surface area (Å²) in [4.78, 5) is 4.58. The van der Waals surface area contributed by atoms with Gasteiger partial charge in [0.1, 0.15) is 5.75 Å². The van der Waals surface area contributed by atoms with E-state index in [1.54, 1.807) is 0 Å². The van der Waals surface area contributed by atoms with Gasteiger partial charge in [0, 0.05) is 25.2 Å². The number of nitrogens with one attached hydrogen (secondary N) is 1. The third-order valence-corrected chi connectivity index (χ3v) is 4.35. The van der Waals surface area contributed by atoms with E-state index >= 15 is 0 Å². The highest BCUT2D eigenvalue weighted by Gasteiger charge is 2.34. The average Bonchev–Trinajstić information content (AvgIpc) is 2.60. The van der Waals surface area contributed by atoms with Crippen molar-refractivity contribution in [3.8, 4) is 5.75 Å². The van der Waals surface area contributed by atoms with Crippen molar-refractivity contribution in [3.05, 3.63) is 42.0 Å². The van der Waals surface area contributed by atoms with E-state index in [-0.39, 0.29) is 29.4 Å². The fourth-order valence-corrected chi connectivity index (χ4v) is 2.91. The van der Waals surface area contributed by atoms with E-state index in [4.69, 9.17) is 15.2 Å². The summed E-state index contributed by atoms with van der Waals surface area (Å²) in [6, 6.07) is 8.34. The zero-order valence-electron chi connectivity index (χ0n) is 15.2. The summed E-state index contributed by atoms with van der Waals surface area (Å²) >= 11 is 0. The molecule has 0 saturated carbocycles. The molecule has 1 aliphatic rings. The summed E-state index contributed by atoms with van der Waals surface area (Å²) in [5, 5.41) is 3.09. The first-order valence-electron chi connectivity index (χ1n) is 8.55. The van der Waals surface area contributed by atoms with Crippen LogP contribution in [-0.4, -0.2) is 38.9 Å². The van der Waals surface area contributed by atoms with Crippen molar-refractivity contribution < 1.29 is 9.47 Å². The number of nitrogens with two attached hydrogens (primary N) is 1. The third-order valence-electron chi connectivity index (χ3n) is 4.35. The van der Waals surface area contributed by atoms with Crippen molar-refractivity contribution in [2.45, 2.75) is 32.1 Å². The SMILES string of the molecule is C=C(C)CNC(N)=NCC1(c2ccc(OCC)cc2)CCOCC1.I. The van der Waals surface area contributed by atoms with Gasteiger partial charge in [0.15, 0.2) is 5.96 Å². The zero-order valence-corrected chi connectivity index (χ0v) is 17.5. The Hall–Kier alpha value is -1.28. The number of hydrogen-bond donors (Lipinski definition) is 2. The molecule has 1 heterocycles. The number of guanidine groups is 1. The number of ether oxygens (including phenoxy) is 2. The van der Waals surface area contributed by atoms with Crippen LogP contribution >= 0.6 is 24.0 Å². The summed E-state index contributed by atoms with van der Waals surface area (Å²) < 4.78 is 11.1. The lowest BCUT2D eigenvalue weighted by atomic mass is 9.74. The van der Waals surface area contributed by atoms with Crippen LogP contribution < -0.4 is 15.8 Å².